The number of carboxylic acids is 3. The molecule has 0 heterocycles. The second-order valence-electron chi connectivity index (χ2n) is 2.49. The van der Waals surface area contributed by atoms with E-state index in [1.165, 1.54) is 0 Å². The van der Waals surface area contributed by atoms with Gasteiger partial charge in [0.25, 0.3) is 0 Å². The van der Waals surface area contributed by atoms with Crippen molar-refractivity contribution in [3.63, 3.8) is 0 Å². The van der Waals surface area contributed by atoms with E-state index in [0.29, 0.717) is 5.75 Å². The number of carboxylic acid groups (broad SMARTS) is 3. The summed E-state index contributed by atoms with van der Waals surface area (Å²) in [5.41, 5.74) is 0. The molecule has 0 aliphatic rings. The van der Waals surface area contributed by atoms with Crippen LogP contribution in [0.4, 0.5) is 0 Å². The minimum atomic E-state index is -1.58. The first kappa shape index (κ1) is 16.8. The number of rotatable bonds is 6. The molecule has 0 fully saturated rings. The van der Waals surface area contributed by atoms with Crippen LogP contribution in [-0.4, -0.2) is 44.8 Å². The van der Waals surface area contributed by atoms with Crippen molar-refractivity contribution in [3.05, 3.63) is 0 Å². The lowest BCUT2D eigenvalue weighted by atomic mass is 10.2. The van der Waals surface area contributed by atoms with Gasteiger partial charge in [-0.15, -0.1) is 0 Å². The van der Waals surface area contributed by atoms with Crippen LogP contribution in [0.1, 0.15) is 19.3 Å². The van der Waals surface area contributed by atoms with Gasteiger partial charge in [0.1, 0.15) is 0 Å². The Balaban J connectivity index is 0. The molecular weight excluding hydrogens is 240 g/mol. The van der Waals surface area contributed by atoms with Crippen molar-refractivity contribution in [1.82, 2.24) is 0 Å². The Labute approximate surface area is 96.5 Å². The smallest absolute Gasteiger partial charge is 0.372 e. The molecule has 0 radical (unpaired) electrons. The molecule has 0 aromatic heterocycles. The SMILES string of the molecule is O=C(O)CCC(=O)C(=O)O.O=C(O)CCS. The highest BCUT2D eigenvalue weighted by Crippen LogP contribution is 1.90. The van der Waals surface area contributed by atoms with E-state index in [-0.39, 0.29) is 6.42 Å². The molecule has 0 amide bonds. The molecule has 0 bridgehead atoms. The zero-order valence-corrected chi connectivity index (χ0v) is 9.14. The van der Waals surface area contributed by atoms with Crippen molar-refractivity contribution in [3.8, 4) is 0 Å². The molecule has 7 nitrogen and oxygen atoms in total. The Morgan fingerprint density at radius 2 is 1.25 bits per heavy atom. The van der Waals surface area contributed by atoms with Crippen LogP contribution in [0, 0.1) is 0 Å². The van der Waals surface area contributed by atoms with E-state index in [2.05, 4.69) is 12.6 Å². The number of aliphatic carboxylic acids is 3. The van der Waals surface area contributed by atoms with Crippen LogP contribution in [0.5, 0.6) is 0 Å². The summed E-state index contributed by atoms with van der Waals surface area (Å²) in [5, 5.41) is 23.8. The fourth-order valence-electron chi connectivity index (χ4n) is 0.423. The summed E-state index contributed by atoms with van der Waals surface area (Å²) >= 11 is 3.68. The van der Waals surface area contributed by atoms with Gasteiger partial charge in [-0.25, -0.2) is 4.79 Å². The number of carbonyl (C=O) groups is 4. The van der Waals surface area contributed by atoms with E-state index >= 15 is 0 Å². The molecule has 0 rings (SSSR count). The number of hydrogen-bond acceptors (Lipinski definition) is 5. The molecule has 0 aromatic carbocycles. The molecule has 0 unspecified atom stereocenters. The molecule has 92 valence electrons. The van der Waals surface area contributed by atoms with Gasteiger partial charge >= 0.3 is 17.9 Å². The summed E-state index contributed by atoms with van der Waals surface area (Å²) in [6, 6.07) is 0. The molecule has 0 saturated carbocycles. The monoisotopic (exact) mass is 252 g/mol. The Kier molecular flexibility index (Phi) is 10.5. The molecule has 16 heavy (non-hydrogen) atoms. The lowest BCUT2D eigenvalue weighted by molar-refractivity contribution is -0.149. The summed E-state index contributed by atoms with van der Waals surface area (Å²) in [6.45, 7) is 0. The van der Waals surface area contributed by atoms with Crippen molar-refractivity contribution in [2.45, 2.75) is 19.3 Å². The molecular formula is C8H12O7S. The van der Waals surface area contributed by atoms with Crippen LogP contribution < -0.4 is 0 Å². The standard InChI is InChI=1S/C5H6O5.C3H6O2S/c6-3(5(9)10)1-2-4(7)8;4-3(5)1-2-6/h1-2H2,(H,7,8)(H,9,10);6H,1-2H2,(H,4,5). The van der Waals surface area contributed by atoms with E-state index in [4.69, 9.17) is 15.3 Å². The maximum atomic E-state index is 10.2. The van der Waals surface area contributed by atoms with Gasteiger partial charge in [-0.1, -0.05) is 0 Å². The van der Waals surface area contributed by atoms with Gasteiger partial charge in [0.2, 0.25) is 5.78 Å². The molecule has 0 saturated heterocycles. The third-order valence-electron chi connectivity index (χ3n) is 1.13. The average molecular weight is 252 g/mol. The zero-order chi connectivity index (χ0) is 13.1. The normalized spacial score (nSPS) is 8.56. The van der Waals surface area contributed by atoms with Crippen LogP contribution in [0.15, 0.2) is 0 Å². The van der Waals surface area contributed by atoms with Crippen molar-refractivity contribution in [2.75, 3.05) is 5.75 Å². The second-order valence-corrected chi connectivity index (χ2v) is 2.94. The Morgan fingerprint density at radius 1 is 0.812 bits per heavy atom. The predicted octanol–water partition coefficient (Wildman–Crippen LogP) is -0.104. The maximum Gasteiger partial charge on any atom is 0.372 e. The maximum absolute atomic E-state index is 10.2. The van der Waals surface area contributed by atoms with Crippen LogP contribution >= 0.6 is 12.6 Å². The van der Waals surface area contributed by atoms with Gasteiger partial charge in [-0.3, -0.25) is 14.4 Å². The fourth-order valence-corrected chi connectivity index (χ4v) is 0.614. The molecule has 0 atom stereocenters. The van der Waals surface area contributed by atoms with Gasteiger partial charge in [0, 0.05) is 12.2 Å². The molecule has 0 aliphatic heterocycles. The van der Waals surface area contributed by atoms with E-state index in [1.54, 1.807) is 0 Å². The lowest BCUT2D eigenvalue weighted by Gasteiger charge is -1.88. The summed E-state index contributed by atoms with van der Waals surface area (Å²) in [4.78, 5) is 39.3. The van der Waals surface area contributed by atoms with E-state index in [9.17, 15) is 19.2 Å². The minimum Gasteiger partial charge on any atom is -0.481 e. The summed E-state index contributed by atoms with van der Waals surface area (Å²) in [5.74, 6) is -4.18. The van der Waals surface area contributed by atoms with Crippen molar-refractivity contribution < 1.29 is 34.5 Å². The Bertz CT molecular complexity index is 274. The summed E-state index contributed by atoms with van der Waals surface area (Å²) in [7, 11) is 0. The summed E-state index contributed by atoms with van der Waals surface area (Å²) in [6.07, 6.45) is -0.709. The van der Waals surface area contributed by atoms with Crippen LogP contribution in [0.2, 0.25) is 0 Å². The minimum absolute atomic E-state index is 0.156. The highest BCUT2D eigenvalue weighted by Gasteiger charge is 2.12. The number of carbonyl (C=O) groups excluding carboxylic acids is 1. The van der Waals surface area contributed by atoms with Crippen molar-refractivity contribution in [2.24, 2.45) is 0 Å². The Morgan fingerprint density at radius 3 is 1.44 bits per heavy atom. The highest BCUT2D eigenvalue weighted by molar-refractivity contribution is 7.80. The average Bonchev–Trinajstić information content (AvgIpc) is 2.14. The second kappa shape index (κ2) is 9.97. The first-order chi connectivity index (χ1) is 7.31. The third kappa shape index (κ3) is 14.9. The van der Waals surface area contributed by atoms with Crippen LogP contribution in [-0.2, 0) is 19.2 Å². The lowest BCUT2D eigenvalue weighted by Crippen LogP contribution is -2.13. The molecule has 3 N–H and O–H groups in total. The number of Topliss-reactive ketones (excluding diaryl/α,β-unsaturated/α-hetero) is 1. The first-order valence-corrected chi connectivity index (χ1v) is 4.75. The van der Waals surface area contributed by atoms with Crippen molar-refractivity contribution >= 4 is 36.3 Å². The molecule has 8 heteroatoms. The van der Waals surface area contributed by atoms with Gasteiger partial charge in [0.05, 0.1) is 12.8 Å². The van der Waals surface area contributed by atoms with Gasteiger partial charge in [-0.2, -0.15) is 12.6 Å². The number of thiol groups is 1. The molecule has 0 aliphatic carbocycles. The number of ketones is 1. The molecule has 0 spiro atoms. The largest absolute Gasteiger partial charge is 0.481 e. The third-order valence-corrected chi connectivity index (χ3v) is 1.35. The van der Waals surface area contributed by atoms with Gasteiger partial charge in [0.15, 0.2) is 0 Å². The van der Waals surface area contributed by atoms with E-state index in [1.807, 2.05) is 0 Å². The van der Waals surface area contributed by atoms with Gasteiger partial charge < -0.3 is 15.3 Å². The highest BCUT2D eigenvalue weighted by atomic mass is 32.1. The Hall–Kier alpha value is -1.57. The van der Waals surface area contributed by atoms with Gasteiger partial charge in [-0.05, 0) is 0 Å². The first-order valence-electron chi connectivity index (χ1n) is 4.11. The van der Waals surface area contributed by atoms with E-state index < -0.39 is 36.5 Å². The van der Waals surface area contributed by atoms with E-state index in [0.717, 1.165) is 0 Å². The predicted molar refractivity (Wildman–Crippen MR) is 55.6 cm³/mol. The van der Waals surface area contributed by atoms with Crippen molar-refractivity contribution in [1.29, 1.82) is 0 Å². The topological polar surface area (TPSA) is 129 Å². The fraction of sp³-hybridized carbons (Fsp3) is 0.500. The molecule has 0 aromatic rings. The number of hydrogen-bond donors (Lipinski definition) is 4. The van der Waals surface area contributed by atoms with Crippen LogP contribution in [0.3, 0.4) is 0 Å². The quantitative estimate of drug-likeness (QED) is 0.383. The van der Waals surface area contributed by atoms with Crippen LogP contribution in [0.25, 0.3) is 0 Å². The summed E-state index contributed by atoms with van der Waals surface area (Å²) < 4.78 is 0. The zero-order valence-electron chi connectivity index (χ0n) is 8.25.